The first-order chi connectivity index (χ1) is 13.0. The number of imide groups is 1. The molecule has 0 aromatic heterocycles. The fraction of sp³-hybridized carbons (Fsp3) is 0.250. The molecule has 0 radical (unpaired) electrons. The third-order valence-electron chi connectivity index (χ3n) is 4.36. The van der Waals surface area contributed by atoms with Crippen LogP contribution in [0.2, 0.25) is 5.02 Å². The molecule has 1 N–H and O–H groups in total. The average Bonchev–Trinajstić information content (AvgIpc) is 2.91. The predicted octanol–water partition coefficient (Wildman–Crippen LogP) is 2.90. The first kappa shape index (κ1) is 19.1. The van der Waals surface area contributed by atoms with E-state index in [1.807, 2.05) is 18.2 Å². The number of fused-ring (bicyclic) bond motifs is 1. The van der Waals surface area contributed by atoms with E-state index in [1.54, 1.807) is 19.2 Å². The molecule has 6 nitrogen and oxygen atoms in total. The van der Waals surface area contributed by atoms with E-state index in [-0.39, 0.29) is 36.4 Å². The highest BCUT2D eigenvalue weighted by molar-refractivity contribution is 6.31. The van der Waals surface area contributed by atoms with E-state index in [1.165, 1.54) is 17.0 Å². The average molecular weight is 387 g/mol. The summed E-state index contributed by atoms with van der Waals surface area (Å²) in [6, 6.07) is 11.8. The van der Waals surface area contributed by atoms with E-state index in [0.717, 1.165) is 5.56 Å². The van der Waals surface area contributed by atoms with Crippen LogP contribution in [-0.4, -0.2) is 42.9 Å². The lowest BCUT2D eigenvalue weighted by Gasteiger charge is -2.12. The maximum atomic E-state index is 12.5. The minimum absolute atomic E-state index is 0.253. The van der Waals surface area contributed by atoms with Gasteiger partial charge in [0.15, 0.2) is 0 Å². The first-order valence-corrected chi connectivity index (χ1v) is 8.91. The highest BCUT2D eigenvalue weighted by Gasteiger charge is 2.35. The Labute approximate surface area is 162 Å². The van der Waals surface area contributed by atoms with Crippen molar-refractivity contribution in [2.75, 3.05) is 20.3 Å². The third-order valence-corrected chi connectivity index (χ3v) is 4.73. The molecule has 7 heteroatoms. The van der Waals surface area contributed by atoms with Crippen LogP contribution in [0.3, 0.4) is 0 Å². The van der Waals surface area contributed by atoms with Gasteiger partial charge in [0.2, 0.25) is 0 Å². The number of nitrogens with one attached hydrogen (secondary N) is 1. The summed E-state index contributed by atoms with van der Waals surface area (Å²) < 4.78 is 4.96. The number of ether oxygens (including phenoxy) is 1. The van der Waals surface area contributed by atoms with E-state index in [4.69, 9.17) is 16.3 Å². The topological polar surface area (TPSA) is 75.7 Å². The van der Waals surface area contributed by atoms with Gasteiger partial charge in [0.05, 0.1) is 11.1 Å². The lowest BCUT2D eigenvalue weighted by atomic mass is 10.1. The minimum atomic E-state index is -0.383. The molecule has 0 fully saturated rings. The van der Waals surface area contributed by atoms with Crippen molar-refractivity contribution in [2.45, 2.75) is 13.0 Å². The van der Waals surface area contributed by atoms with Crippen LogP contribution in [0.1, 0.15) is 43.1 Å². The van der Waals surface area contributed by atoms with E-state index < -0.39 is 0 Å². The predicted molar refractivity (Wildman–Crippen MR) is 101 cm³/mol. The molecular weight excluding hydrogens is 368 g/mol. The summed E-state index contributed by atoms with van der Waals surface area (Å²) >= 11 is 6.09. The maximum Gasteiger partial charge on any atom is 0.261 e. The Morgan fingerprint density at radius 3 is 2.59 bits per heavy atom. The van der Waals surface area contributed by atoms with Crippen LogP contribution < -0.4 is 5.32 Å². The van der Waals surface area contributed by atoms with E-state index in [0.29, 0.717) is 29.2 Å². The number of benzene rings is 2. The quantitative estimate of drug-likeness (QED) is 0.586. The van der Waals surface area contributed by atoms with Gasteiger partial charge in [-0.25, -0.2) is 0 Å². The molecule has 1 heterocycles. The summed E-state index contributed by atoms with van der Waals surface area (Å²) in [4.78, 5) is 38.5. The van der Waals surface area contributed by atoms with Gasteiger partial charge in [-0.05, 0) is 36.2 Å². The SMILES string of the molecule is COCCCN1C(=O)c2ccc(C(=O)NCc3ccccc3Cl)cc2C1=O. The maximum absolute atomic E-state index is 12.5. The van der Waals surface area contributed by atoms with Gasteiger partial charge in [0.1, 0.15) is 0 Å². The normalized spacial score (nSPS) is 13.0. The first-order valence-electron chi connectivity index (χ1n) is 8.53. The van der Waals surface area contributed by atoms with Crippen molar-refractivity contribution in [1.82, 2.24) is 10.2 Å². The number of carbonyl (C=O) groups excluding carboxylic acids is 3. The van der Waals surface area contributed by atoms with Crippen LogP contribution in [0.25, 0.3) is 0 Å². The summed E-state index contributed by atoms with van der Waals surface area (Å²) in [5.74, 6) is -1.06. The molecular formula is C20H19ClN2O4. The van der Waals surface area contributed by atoms with E-state index in [2.05, 4.69) is 5.32 Å². The van der Waals surface area contributed by atoms with Gasteiger partial charge in [0.25, 0.3) is 17.7 Å². The zero-order valence-electron chi connectivity index (χ0n) is 14.8. The molecule has 3 rings (SSSR count). The molecule has 0 spiro atoms. The van der Waals surface area contributed by atoms with Crippen molar-refractivity contribution in [2.24, 2.45) is 0 Å². The van der Waals surface area contributed by atoms with Gasteiger partial charge < -0.3 is 10.1 Å². The van der Waals surface area contributed by atoms with Gasteiger partial charge in [0, 0.05) is 37.4 Å². The van der Waals surface area contributed by atoms with Gasteiger partial charge in [-0.1, -0.05) is 29.8 Å². The Morgan fingerprint density at radius 1 is 1.11 bits per heavy atom. The molecule has 1 aliphatic heterocycles. The van der Waals surface area contributed by atoms with Crippen LogP contribution in [0.5, 0.6) is 0 Å². The molecule has 1 aliphatic rings. The molecule has 140 valence electrons. The van der Waals surface area contributed by atoms with Crippen LogP contribution in [0.4, 0.5) is 0 Å². The molecule has 27 heavy (non-hydrogen) atoms. The number of halogens is 1. The summed E-state index contributed by atoms with van der Waals surface area (Å²) in [5, 5.41) is 3.35. The largest absolute Gasteiger partial charge is 0.385 e. The number of methoxy groups -OCH3 is 1. The van der Waals surface area contributed by atoms with Gasteiger partial charge in [-0.3, -0.25) is 19.3 Å². The Hall–Kier alpha value is -2.70. The Bertz CT molecular complexity index is 897. The summed E-state index contributed by atoms with van der Waals surface area (Å²) in [5.41, 5.74) is 1.69. The number of rotatable bonds is 7. The molecule has 0 unspecified atom stereocenters. The van der Waals surface area contributed by atoms with Crippen molar-refractivity contribution >= 4 is 29.3 Å². The summed E-state index contributed by atoms with van der Waals surface area (Å²) in [7, 11) is 1.57. The Morgan fingerprint density at radius 2 is 1.85 bits per heavy atom. The van der Waals surface area contributed by atoms with Crippen LogP contribution >= 0.6 is 11.6 Å². The van der Waals surface area contributed by atoms with Gasteiger partial charge in [-0.2, -0.15) is 0 Å². The summed E-state index contributed by atoms with van der Waals surface area (Å²) in [6.45, 7) is 1.02. The second kappa shape index (κ2) is 8.33. The van der Waals surface area contributed by atoms with Crippen molar-refractivity contribution in [1.29, 1.82) is 0 Å². The molecule has 0 atom stereocenters. The second-order valence-electron chi connectivity index (χ2n) is 6.14. The van der Waals surface area contributed by atoms with E-state index in [9.17, 15) is 14.4 Å². The molecule has 0 saturated heterocycles. The van der Waals surface area contributed by atoms with Crippen LogP contribution in [0.15, 0.2) is 42.5 Å². The lowest BCUT2D eigenvalue weighted by Crippen LogP contribution is -2.31. The standard InChI is InChI=1S/C20H19ClN2O4/c1-27-10-4-9-23-19(25)15-8-7-13(11-16(15)20(23)26)18(24)22-12-14-5-2-3-6-17(14)21/h2-3,5-8,11H,4,9-10,12H2,1H3,(H,22,24). The lowest BCUT2D eigenvalue weighted by molar-refractivity contribution is 0.0638. The molecule has 0 saturated carbocycles. The second-order valence-corrected chi connectivity index (χ2v) is 6.55. The van der Waals surface area contributed by atoms with Crippen molar-refractivity contribution in [3.63, 3.8) is 0 Å². The number of hydrogen-bond donors (Lipinski definition) is 1. The van der Waals surface area contributed by atoms with E-state index >= 15 is 0 Å². The van der Waals surface area contributed by atoms with Crippen molar-refractivity contribution in [3.05, 3.63) is 69.7 Å². The highest BCUT2D eigenvalue weighted by Crippen LogP contribution is 2.24. The fourth-order valence-corrected chi connectivity index (χ4v) is 3.12. The van der Waals surface area contributed by atoms with Crippen molar-refractivity contribution in [3.8, 4) is 0 Å². The zero-order chi connectivity index (χ0) is 19.4. The smallest absolute Gasteiger partial charge is 0.261 e. The number of amides is 3. The minimum Gasteiger partial charge on any atom is -0.385 e. The molecule has 0 aliphatic carbocycles. The number of carbonyl (C=O) groups is 3. The Kier molecular flexibility index (Phi) is 5.88. The number of hydrogen-bond acceptors (Lipinski definition) is 4. The molecule has 2 aromatic carbocycles. The molecule has 0 bridgehead atoms. The summed E-state index contributed by atoms with van der Waals surface area (Å²) in [6.07, 6.45) is 0.563. The third kappa shape index (κ3) is 4.02. The van der Waals surface area contributed by atoms with Crippen molar-refractivity contribution < 1.29 is 19.1 Å². The Balaban J connectivity index is 1.71. The highest BCUT2D eigenvalue weighted by atomic mass is 35.5. The monoisotopic (exact) mass is 386 g/mol. The fourth-order valence-electron chi connectivity index (χ4n) is 2.92. The van der Waals surface area contributed by atoms with Gasteiger partial charge in [-0.15, -0.1) is 0 Å². The number of nitrogens with zero attached hydrogens (tertiary/aromatic N) is 1. The van der Waals surface area contributed by atoms with Crippen LogP contribution in [0, 0.1) is 0 Å². The molecule has 3 amide bonds. The van der Waals surface area contributed by atoms with Gasteiger partial charge >= 0.3 is 0 Å². The zero-order valence-corrected chi connectivity index (χ0v) is 15.6. The molecule has 2 aromatic rings. The van der Waals surface area contributed by atoms with Crippen LogP contribution in [-0.2, 0) is 11.3 Å².